The molecule has 0 spiro atoms. The molecular formula is C100H149NO20. The standard InChI is InChI=1S/C100H149NO20/c1-22-72-59(5)58(4)61(7)90(112-72)119-86-82(116-88-60(6)57(3)56(2)48-108-88)63(9)80(65(11)103)115-92(86)114-77-41-42-96(17)75(97(77,18)54-102)40-43-98(19)76(96)39-38-70-71-46-94(13,14)44-45-100(71,78(104-21)47-99(70,98)20)55-110-91-83(62(8)79(101)73(113-91)52-105-49-67-32-26-23-27-33-67)117-93-87-85(120-95(15,16)121-87)84(66(12)111-93)118-89-64(10)81(107-51-69-36-30-25-31-37-69)74(53-109-89)106-50-68-34-28-24-29-35-68/h23-38,54,56-64,66,71-93H,22,39-53,55,101H2,1-21H3/t56-,57+,58+,59-,60?,61?,62?,63-,64?,66?,71?,72?,73?,74-,75-,76?,77+,78?,79-,80?,81?,82+,83?,84+,85?,86?,87?,88+,89+,90+,91-,92-,93+,96?,97-,98+,99-,100-/m1/s1. The summed E-state index contributed by atoms with van der Waals surface area (Å²) in [5.41, 5.74) is 9.91. The molecule has 0 amide bonds. The number of benzene rings is 3. The van der Waals surface area contributed by atoms with Gasteiger partial charge in [-0.25, -0.2) is 0 Å². The molecule has 12 aliphatic rings. The monoisotopic (exact) mass is 1680 g/mol. The van der Waals surface area contributed by atoms with Gasteiger partial charge in [0.1, 0.15) is 49.0 Å². The quantitative estimate of drug-likeness (QED) is 0.0425. The van der Waals surface area contributed by atoms with Crippen molar-refractivity contribution in [2.24, 2.45) is 109 Å². The van der Waals surface area contributed by atoms with Crippen molar-refractivity contribution >= 4 is 12.1 Å². The van der Waals surface area contributed by atoms with Gasteiger partial charge in [-0.2, -0.15) is 0 Å². The molecule has 38 atom stereocenters. The molecule has 2 N–H and O–H groups in total. The second-order valence-corrected chi connectivity index (χ2v) is 42.0. The summed E-state index contributed by atoms with van der Waals surface area (Å²) in [4.78, 5) is 28.8. The van der Waals surface area contributed by atoms with Crippen molar-refractivity contribution in [3.63, 3.8) is 0 Å². The first-order chi connectivity index (χ1) is 57.6. The first-order valence-corrected chi connectivity index (χ1v) is 46.6. The van der Waals surface area contributed by atoms with Crippen LogP contribution in [0.1, 0.15) is 219 Å². The smallest absolute Gasteiger partial charge is 0.187 e. The van der Waals surface area contributed by atoms with Gasteiger partial charge in [-0.15, -0.1) is 0 Å². The minimum atomic E-state index is -1.06. The molecule has 5 aliphatic carbocycles. The molecule has 15 rings (SSSR count). The Labute approximate surface area is 722 Å². The van der Waals surface area contributed by atoms with Crippen LogP contribution in [0.2, 0.25) is 0 Å². The minimum Gasteiger partial charge on any atom is -0.381 e. The van der Waals surface area contributed by atoms with Crippen LogP contribution >= 0.6 is 0 Å². The second kappa shape index (κ2) is 36.9. The molecular weight excluding hydrogens is 1540 g/mol. The number of nitrogens with two attached hydrogens (primary N) is 1. The Morgan fingerprint density at radius 1 is 0.529 bits per heavy atom. The molecule has 7 aliphatic heterocycles. The highest BCUT2D eigenvalue weighted by molar-refractivity contribution is 5.81. The van der Waals surface area contributed by atoms with Crippen molar-refractivity contribution in [3.8, 4) is 0 Å². The normalized spacial score (nSPS) is 47.0. The minimum absolute atomic E-state index is 0.00580. The Morgan fingerprint density at radius 2 is 1.14 bits per heavy atom. The largest absolute Gasteiger partial charge is 0.381 e. The van der Waals surface area contributed by atoms with Crippen LogP contribution in [0.3, 0.4) is 0 Å². The van der Waals surface area contributed by atoms with Gasteiger partial charge in [0, 0.05) is 48.2 Å². The van der Waals surface area contributed by atoms with Crippen molar-refractivity contribution in [1.29, 1.82) is 0 Å². The summed E-state index contributed by atoms with van der Waals surface area (Å²) >= 11 is 0. The Balaban J connectivity index is 0.692. The second-order valence-electron chi connectivity index (χ2n) is 42.0. The summed E-state index contributed by atoms with van der Waals surface area (Å²) in [6, 6.07) is 30.0. The van der Waals surface area contributed by atoms with Crippen LogP contribution in [0, 0.1) is 104 Å². The molecule has 674 valence electrons. The van der Waals surface area contributed by atoms with E-state index in [2.05, 4.69) is 146 Å². The fourth-order valence-corrected chi connectivity index (χ4v) is 25.3. The van der Waals surface area contributed by atoms with E-state index in [0.29, 0.717) is 63.1 Å². The maximum atomic E-state index is 14.8. The fraction of sp³-hybridized carbons (Fsp3) is 0.780. The predicted molar refractivity (Wildman–Crippen MR) is 457 cm³/mol. The number of aldehydes is 1. The molecule has 0 radical (unpaired) electrons. The number of Topliss-reactive ketones (excluding diaryl/α,β-unsaturated/α-hetero) is 1. The Bertz CT molecular complexity index is 3950. The number of carbonyl (C=O) groups excluding carboxylic acids is 2. The zero-order chi connectivity index (χ0) is 86.2. The molecule has 0 aromatic heterocycles. The third-order valence-electron chi connectivity index (χ3n) is 33.8. The van der Waals surface area contributed by atoms with Gasteiger partial charge in [0.05, 0.1) is 94.4 Å². The van der Waals surface area contributed by atoms with Crippen LogP contribution in [-0.4, -0.2) is 181 Å². The highest BCUT2D eigenvalue weighted by Gasteiger charge is 2.72. The van der Waals surface area contributed by atoms with Crippen LogP contribution in [0.25, 0.3) is 0 Å². The summed E-state index contributed by atoms with van der Waals surface area (Å²) in [5, 5.41) is 0. The molecule has 4 saturated carbocycles. The third kappa shape index (κ3) is 17.7. The number of methoxy groups -OCH3 is 1. The third-order valence-corrected chi connectivity index (χ3v) is 33.8. The van der Waals surface area contributed by atoms with E-state index in [1.165, 1.54) is 11.9 Å². The number of rotatable bonds is 27. The van der Waals surface area contributed by atoms with Gasteiger partial charge in [0.2, 0.25) is 0 Å². The summed E-state index contributed by atoms with van der Waals surface area (Å²) in [6.45, 7) is 46.6. The van der Waals surface area contributed by atoms with Crippen molar-refractivity contribution in [2.45, 2.75) is 358 Å². The predicted octanol–water partition coefficient (Wildman–Crippen LogP) is 17.1. The number of hydrogen-bond donors (Lipinski definition) is 1. The van der Waals surface area contributed by atoms with Gasteiger partial charge < -0.3 is 95.8 Å². The Hall–Kier alpha value is -4.02. The number of fused-ring (bicyclic) bond motifs is 8. The molecule has 121 heavy (non-hydrogen) atoms. The van der Waals surface area contributed by atoms with E-state index in [1.54, 1.807) is 6.92 Å². The van der Waals surface area contributed by atoms with E-state index in [-0.39, 0.29) is 106 Å². The van der Waals surface area contributed by atoms with Gasteiger partial charge in [-0.3, -0.25) is 4.79 Å². The van der Waals surface area contributed by atoms with Crippen LogP contribution < -0.4 is 5.73 Å². The number of ether oxygens (including phenoxy) is 18. The van der Waals surface area contributed by atoms with Crippen molar-refractivity contribution in [1.82, 2.24) is 0 Å². The van der Waals surface area contributed by atoms with Crippen molar-refractivity contribution < 1.29 is 94.9 Å². The average Bonchev–Trinajstić information content (AvgIpc) is 1.05. The molecule has 21 nitrogen and oxygen atoms in total. The van der Waals surface area contributed by atoms with Crippen molar-refractivity contribution in [2.75, 3.05) is 33.5 Å². The maximum absolute atomic E-state index is 14.8. The Kier molecular flexibility index (Phi) is 27.9. The average molecular weight is 1690 g/mol. The fourth-order valence-electron chi connectivity index (χ4n) is 25.3. The van der Waals surface area contributed by atoms with E-state index < -0.39 is 127 Å². The van der Waals surface area contributed by atoms with Crippen LogP contribution in [0.5, 0.6) is 0 Å². The lowest BCUT2D eigenvalue weighted by Gasteiger charge is -2.72. The molecule has 21 heteroatoms. The van der Waals surface area contributed by atoms with Crippen LogP contribution in [-0.2, 0) is 115 Å². The molecule has 7 heterocycles. The van der Waals surface area contributed by atoms with Crippen LogP contribution in [0.15, 0.2) is 103 Å². The van der Waals surface area contributed by atoms with Gasteiger partial charge in [0.15, 0.2) is 49.3 Å². The summed E-state index contributed by atoms with van der Waals surface area (Å²) in [7, 11) is 1.91. The number of allylic oxidation sites excluding steroid dienone is 2. The zero-order valence-corrected chi connectivity index (χ0v) is 76.6. The van der Waals surface area contributed by atoms with Gasteiger partial charge in [0.25, 0.3) is 0 Å². The topological polar surface area (TPSA) is 226 Å². The summed E-state index contributed by atoms with van der Waals surface area (Å²) in [6.07, 6.45) is -0.256. The van der Waals surface area contributed by atoms with Gasteiger partial charge >= 0.3 is 0 Å². The van der Waals surface area contributed by atoms with Crippen molar-refractivity contribution in [3.05, 3.63) is 119 Å². The first kappa shape index (κ1) is 91.7. The lowest BCUT2D eigenvalue weighted by atomic mass is 9.33. The van der Waals surface area contributed by atoms with E-state index in [1.807, 2.05) is 89.4 Å². The lowest BCUT2D eigenvalue weighted by Crippen LogP contribution is -2.68. The number of carbonyl (C=O) groups is 2. The molecule has 17 unspecified atom stereocenters. The highest BCUT2D eigenvalue weighted by Crippen LogP contribution is 2.76. The summed E-state index contributed by atoms with van der Waals surface area (Å²) < 4.78 is 127. The number of ketones is 1. The van der Waals surface area contributed by atoms with Gasteiger partial charge in [-0.1, -0.05) is 213 Å². The summed E-state index contributed by atoms with van der Waals surface area (Å²) in [5.74, 6) is -0.519. The molecule has 3 aromatic rings. The lowest BCUT2D eigenvalue weighted by molar-refractivity contribution is -0.374. The maximum Gasteiger partial charge on any atom is 0.187 e. The molecule has 0 bridgehead atoms. The Morgan fingerprint density at radius 3 is 1.80 bits per heavy atom. The zero-order valence-electron chi connectivity index (χ0n) is 76.6. The van der Waals surface area contributed by atoms with E-state index in [4.69, 9.17) is 91.0 Å². The van der Waals surface area contributed by atoms with E-state index in [9.17, 15) is 9.59 Å². The SMILES string of the molecule is CCC1O[C@@H](OC2[C@H](O[C@H]3CCC4(C)C5CC=C6C7CC(C)(C)CC[C@]7(CO[C@@H]7OC(COCc8ccccc8)[C@H](N)C(C)C7O[C@@H]7OC(C)[C@H](O[C@@H]8OC[C@@H](OCc9ccccc9)C(OCc9ccccc9)C8C)C8OC(C)(C)OC87)C(OC)C[C@@]6(C)[C@@]5(C)CC[C@H]4[C@@]3(C)C=O)OC(C(C)=O)[C@@H](C)[C@@H]2O[C@@H]2OC[C@@H](C)[C@H](C)C2C)C(C)[C@@H](C)[C@H]1C. The van der Waals surface area contributed by atoms with Crippen LogP contribution in [0.4, 0.5) is 0 Å². The van der Waals surface area contributed by atoms with Gasteiger partial charge in [-0.05, 0) is 172 Å². The molecule has 7 saturated heterocycles. The molecule has 3 aromatic carbocycles. The first-order valence-electron chi connectivity index (χ1n) is 46.6. The van der Waals surface area contributed by atoms with E-state index >= 15 is 0 Å². The molecule has 11 fully saturated rings. The highest BCUT2D eigenvalue weighted by atomic mass is 16.8. The number of hydrogen-bond acceptors (Lipinski definition) is 21. The van der Waals surface area contributed by atoms with E-state index in [0.717, 1.165) is 74.5 Å².